The van der Waals surface area contributed by atoms with Gasteiger partial charge in [-0.1, -0.05) is 25.8 Å². The first-order chi connectivity index (χ1) is 8.80. The molecule has 4 atom stereocenters. The molecule has 0 bridgehead atoms. The Morgan fingerprint density at radius 1 is 1.53 bits per heavy atom. The number of hydrogen-bond acceptors (Lipinski definition) is 4. The van der Waals surface area contributed by atoms with Crippen molar-refractivity contribution in [2.45, 2.75) is 69.8 Å². The monoisotopic (exact) mass is 288 g/mol. The van der Waals surface area contributed by atoms with Crippen molar-refractivity contribution < 1.29 is 17.7 Å². The molecule has 0 unspecified atom stereocenters. The third-order valence-corrected chi connectivity index (χ3v) is 6.54. The molecule has 1 aliphatic carbocycles. The summed E-state index contributed by atoms with van der Waals surface area (Å²) in [6, 6.07) is 0. The summed E-state index contributed by atoms with van der Waals surface area (Å²) in [6.07, 6.45) is 5.07. The third kappa shape index (κ3) is 2.60. The van der Waals surface area contributed by atoms with Crippen LogP contribution in [0.4, 0.5) is 0 Å². The zero-order chi connectivity index (χ0) is 14.3. The van der Waals surface area contributed by atoms with Gasteiger partial charge in [0.05, 0.1) is 12.2 Å². The zero-order valence-corrected chi connectivity index (χ0v) is 12.7. The molecule has 110 valence electrons. The van der Waals surface area contributed by atoms with Crippen molar-refractivity contribution in [2.24, 2.45) is 5.92 Å². The molecule has 1 N–H and O–H groups in total. The maximum Gasteiger partial charge on any atom is 0.277 e. The van der Waals surface area contributed by atoms with Gasteiger partial charge in [0, 0.05) is 5.92 Å². The van der Waals surface area contributed by atoms with Gasteiger partial charge in [0.25, 0.3) is 10.1 Å². The summed E-state index contributed by atoms with van der Waals surface area (Å²) >= 11 is 0. The Labute approximate surface area is 116 Å². The first-order valence-corrected chi connectivity index (χ1v) is 8.53. The predicted octanol–water partition coefficient (Wildman–Crippen LogP) is 2.38. The molecule has 1 fully saturated rings. The summed E-state index contributed by atoms with van der Waals surface area (Å²) in [5.74, 6) is 0.0866. The van der Waals surface area contributed by atoms with E-state index in [4.69, 9.17) is 4.18 Å². The van der Waals surface area contributed by atoms with Gasteiger partial charge in [-0.05, 0) is 38.7 Å². The lowest BCUT2D eigenvalue weighted by molar-refractivity contribution is 0.0861. The van der Waals surface area contributed by atoms with E-state index in [1.807, 2.05) is 6.08 Å². The van der Waals surface area contributed by atoms with Crippen LogP contribution in [0.25, 0.3) is 0 Å². The van der Waals surface area contributed by atoms with Crippen LogP contribution in [0.2, 0.25) is 0 Å². The Hall–Kier alpha value is -0.390. The molecule has 0 radical (unpaired) electrons. The molecule has 2 rings (SSSR count). The molecule has 1 saturated heterocycles. The number of aliphatic hydroxyl groups excluding tert-OH is 1. The maximum absolute atomic E-state index is 12.2. The van der Waals surface area contributed by atoms with Crippen LogP contribution in [0.1, 0.15) is 52.9 Å². The van der Waals surface area contributed by atoms with Crippen molar-refractivity contribution in [2.75, 3.05) is 0 Å². The summed E-state index contributed by atoms with van der Waals surface area (Å²) in [5, 5.41) is 10.2. The summed E-state index contributed by atoms with van der Waals surface area (Å²) in [6.45, 7) is 5.58. The van der Waals surface area contributed by atoms with E-state index in [0.717, 1.165) is 24.8 Å². The number of unbranched alkanes of at least 4 members (excludes halogenated alkanes) is 1. The number of aliphatic hydroxyl groups is 1. The van der Waals surface area contributed by atoms with Gasteiger partial charge in [-0.15, -0.1) is 0 Å². The minimum absolute atomic E-state index is 0.0866. The van der Waals surface area contributed by atoms with Crippen LogP contribution in [0.15, 0.2) is 11.6 Å². The Kier molecular flexibility index (Phi) is 4.10. The predicted molar refractivity (Wildman–Crippen MR) is 74.2 cm³/mol. The molecule has 2 aliphatic rings. The van der Waals surface area contributed by atoms with Gasteiger partial charge in [-0.25, -0.2) is 0 Å². The average Bonchev–Trinajstić information content (AvgIpc) is 2.28. The Bertz CT molecular complexity index is 468. The van der Waals surface area contributed by atoms with Crippen LogP contribution >= 0.6 is 0 Å². The van der Waals surface area contributed by atoms with Crippen molar-refractivity contribution >= 4 is 10.1 Å². The molecule has 0 saturated carbocycles. The molecule has 1 aliphatic heterocycles. The molecule has 0 aromatic heterocycles. The number of hydrogen-bond donors (Lipinski definition) is 1. The first kappa shape index (κ1) is 15.0. The summed E-state index contributed by atoms with van der Waals surface area (Å²) < 4.78 is 28.6. The Morgan fingerprint density at radius 2 is 2.21 bits per heavy atom. The molecule has 4 nitrogen and oxygen atoms in total. The fraction of sp³-hybridized carbons (Fsp3) is 0.857. The molecule has 0 aromatic rings. The second-order valence-corrected chi connectivity index (χ2v) is 8.07. The lowest BCUT2D eigenvalue weighted by atomic mass is 9.77. The molecule has 0 aromatic carbocycles. The lowest BCUT2D eigenvalue weighted by Crippen LogP contribution is -2.51. The Morgan fingerprint density at radius 3 is 2.84 bits per heavy atom. The van der Waals surface area contributed by atoms with Crippen molar-refractivity contribution in [3.8, 4) is 0 Å². The molecule has 19 heavy (non-hydrogen) atoms. The summed E-state index contributed by atoms with van der Waals surface area (Å²) in [7, 11) is -3.64. The van der Waals surface area contributed by atoms with Crippen molar-refractivity contribution in [3.63, 3.8) is 0 Å². The highest BCUT2D eigenvalue weighted by molar-refractivity contribution is 7.88. The number of fused-ring (bicyclic) bond motifs is 1. The van der Waals surface area contributed by atoms with Crippen LogP contribution in [-0.4, -0.2) is 30.5 Å². The van der Waals surface area contributed by atoms with Crippen LogP contribution in [0, 0.1) is 5.92 Å². The van der Waals surface area contributed by atoms with Crippen LogP contribution in [0.3, 0.4) is 0 Å². The lowest BCUT2D eigenvalue weighted by Gasteiger charge is -2.43. The van der Waals surface area contributed by atoms with E-state index in [9.17, 15) is 13.5 Å². The van der Waals surface area contributed by atoms with E-state index < -0.39 is 21.0 Å². The second-order valence-electron chi connectivity index (χ2n) is 6.07. The fourth-order valence-electron chi connectivity index (χ4n) is 3.16. The van der Waals surface area contributed by atoms with E-state index in [0.29, 0.717) is 6.42 Å². The maximum atomic E-state index is 12.2. The van der Waals surface area contributed by atoms with Gasteiger partial charge in [0.2, 0.25) is 0 Å². The van der Waals surface area contributed by atoms with Crippen LogP contribution in [0.5, 0.6) is 0 Å². The SMILES string of the molecule is CCCC[C@@H]1C=C2C[C@@H](C)OS(=O)(=O)[C@]2(C)C[C@@H]1O. The fourth-order valence-corrected chi connectivity index (χ4v) is 4.72. The van der Waals surface area contributed by atoms with E-state index >= 15 is 0 Å². The largest absolute Gasteiger partial charge is 0.392 e. The highest BCUT2D eigenvalue weighted by Gasteiger charge is 2.52. The second kappa shape index (κ2) is 5.19. The van der Waals surface area contributed by atoms with Crippen LogP contribution in [-0.2, 0) is 14.3 Å². The van der Waals surface area contributed by atoms with E-state index in [-0.39, 0.29) is 18.4 Å². The van der Waals surface area contributed by atoms with Crippen molar-refractivity contribution in [3.05, 3.63) is 11.6 Å². The molecule has 0 spiro atoms. The number of rotatable bonds is 3. The van der Waals surface area contributed by atoms with E-state index in [1.54, 1.807) is 13.8 Å². The van der Waals surface area contributed by atoms with Crippen molar-refractivity contribution in [1.82, 2.24) is 0 Å². The molecule has 0 amide bonds. The minimum atomic E-state index is -3.64. The zero-order valence-electron chi connectivity index (χ0n) is 11.9. The van der Waals surface area contributed by atoms with Crippen LogP contribution < -0.4 is 0 Å². The summed E-state index contributed by atoms with van der Waals surface area (Å²) in [5.41, 5.74) is 0.928. The van der Waals surface area contributed by atoms with Gasteiger partial charge in [-0.2, -0.15) is 8.42 Å². The summed E-state index contributed by atoms with van der Waals surface area (Å²) in [4.78, 5) is 0. The third-order valence-electron chi connectivity index (χ3n) is 4.43. The Balaban J connectivity index is 2.33. The van der Waals surface area contributed by atoms with E-state index in [2.05, 4.69) is 6.92 Å². The smallest absolute Gasteiger partial charge is 0.277 e. The molecule has 5 heteroatoms. The first-order valence-electron chi connectivity index (χ1n) is 7.12. The highest BCUT2D eigenvalue weighted by Crippen LogP contribution is 2.45. The van der Waals surface area contributed by atoms with Gasteiger partial charge in [0.15, 0.2) is 0 Å². The molecule has 1 heterocycles. The highest BCUT2D eigenvalue weighted by atomic mass is 32.2. The standard InChI is InChI=1S/C14H24O4S/c1-4-5-6-11-8-12-7-10(2)18-19(16,17)14(12,3)9-13(11)15/h8,10-11,13,15H,4-7,9H2,1-3H3/t10-,11-,13+,14-/m1/s1. The van der Waals surface area contributed by atoms with Crippen molar-refractivity contribution in [1.29, 1.82) is 0 Å². The normalized spacial score (nSPS) is 41.5. The average molecular weight is 288 g/mol. The van der Waals surface area contributed by atoms with Gasteiger partial charge < -0.3 is 5.11 Å². The quantitative estimate of drug-likeness (QED) is 0.640. The van der Waals surface area contributed by atoms with Gasteiger partial charge in [0.1, 0.15) is 4.75 Å². The van der Waals surface area contributed by atoms with E-state index in [1.165, 1.54) is 0 Å². The van der Waals surface area contributed by atoms with Gasteiger partial charge in [-0.3, -0.25) is 4.18 Å². The molecular formula is C14H24O4S. The topological polar surface area (TPSA) is 63.6 Å². The van der Waals surface area contributed by atoms with Gasteiger partial charge >= 0.3 is 0 Å². The molecular weight excluding hydrogens is 264 g/mol. The minimum Gasteiger partial charge on any atom is -0.392 e.